The Morgan fingerprint density at radius 1 is 1.23 bits per heavy atom. The van der Waals surface area contributed by atoms with Gasteiger partial charge in [-0.25, -0.2) is 0 Å². The maximum Gasteiger partial charge on any atom is 0.107 e. The molecule has 0 amide bonds. The first-order valence-corrected chi connectivity index (χ1v) is 5.43. The first-order chi connectivity index (χ1) is 6.24. The summed E-state index contributed by atoms with van der Waals surface area (Å²) in [5.74, 6) is 0.822. The van der Waals surface area contributed by atoms with Crippen molar-refractivity contribution in [2.75, 3.05) is 0 Å². The summed E-state index contributed by atoms with van der Waals surface area (Å²) in [7, 11) is 0. The van der Waals surface area contributed by atoms with Crippen LogP contribution in [0.4, 0.5) is 0 Å². The van der Waals surface area contributed by atoms with Crippen LogP contribution in [0.2, 0.25) is 0 Å². The number of rotatable bonds is 2. The van der Waals surface area contributed by atoms with Crippen LogP contribution in [0.15, 0.2) is 0 Å². The van der Waals surface area contributed by atoms with Crippen molar-refractivity contribution in [1.29, 1.82) is 5.26 Å². The van der Waals surface area contributed by atoms with Gasteiger partial charge in [-0.3, -0.25) is 5.32 Å². The zero-order chi connectivity index (χ0) is 9.31. The van der Waals surface area contributed by atoms with Gasteiger partial charge >= 0.3 is 0 Å². The van der Waals surface area contributed by atoms with Gasteiger partial charge in [0.15, 0.2) is 0 Å². The van der Waals surface area contributed by atoms with E-state index in [0.717, 1.165) is 18.8 Å². The largest absolute Gasteiger partial charge is 0.297 e. The van der Waals surface area contributed by atoms with Crippen LogP contribution in [0.3, 0.4) is 0 Å². The molecule has 0 bridgehead atoms. The minimum absolute atomic E-state index is 0.159. The molecule has 0 saturated heterocycles. The fraction of sp³-hybridized carbons (Fsp3) is 0.909. The molecule has 2 aliphatic carbocycles. The molecule has 2 nitrogen and oxygen atoms in total. The van der Waals surface area contributed by atoms with Crippen molar-refractivity contribution in [1.82, 2.24) is 5.32 Å². The van der Waals surface area contributed by atoms with E-state index in [2.05, 4.69) is 18.3 Å². The minimum atomic E-state index is -0.159. The highest BCUT2D eigenvalue weighted by atomic mass is 15.0. The van der Waals surface area contributed by atoms with E-state index >= 15 is 0 Å². The molecule has 13 heavy (non-hydrogen) atoms. The van der Waals surface area contributed by atoms with Gasteiger partial charge in [0, 0.05) is 6.04 Å². The fourth-order valence-corrected chi connectivity index (χ4v) is 2.16. The Morgan fingerprint density at radius 3 is 2.31 bits per heavy atom. The zero-order valence-corrected chi connectivity index (χ0v) is 8.34. The lowest BCUT2D eigenvalue weighted by molar-refractivity contribution is 0.247. The van der Waals surface area contributed by atoms with Crippen LogP contribution in [0.5, 0.6) is 0 Å². The lowest BCUT2D eigenvalue weighted by Crippen LogP contribution is -2.47. The molecule has 2 rings (SSSR count). The van der Waals surface area contributed by atoms with Crippen molar-refractivity contribution in [3.05, 3.63) is 0 Å². The van der Waals surface area contributed by atoms with Crippen molar-refractivity contribution < 1.29 is 0 Å². The van der Waals surface area contributed by atoms with Gasteiger partial charge in [-0.15, -0.1) is 0 Å². The highest BCUT2D eigenvalue weighted by Gasteiger charge is 2.38. The Morgan fingerprint density at radius 2 is 1.85 bits per heavy atom. The van der Waals surface area contributed by atoms with E-state index in [-0.39, 0.29) is 5.54 Å². The lowest BCUT2D eigenvalue weighted by Gasteiger charge is -2.34. The predicted molar refractivity (Wildman–Crippen MR) is 52.1 cm³/mol. The molecule has 0 radical (unpaired) electrons. The number of hydrogen-bond acceptors (Lipinski definition) is 2. The minimum Gasteiger partial charge on any atom is -0.297 e. The van der Waals surface area contributed by atoms with Gasteiger partial charge in [-0.05, 0) is 44.4 Å². The lowest BCUT2D eigenvalue weighted by atomic mass is 9.78. The van der Waals surface area contributed by atoms with Crippen molar-refractivity contribution in [2.45, 2.75) is 57.0 Å². The van der Waals surface area contributed by atoms with Crippen LogP contribution < -0.4 is 5.32 Å². The van der Waals surface area contributed by atoms with Gasteiger partial charge in [0.2, 0.25) is 0 Å². The molecule has 1 N–H and O–H groups in total. The van der Waals surface area contributed by atoms with Crippen molar-refractivity contribution in [2.24, 2.45) is 5.92 Å². The Balaban J connectivity index is 1.94. The molecule has 0 heterocycles. The van der Waals surface area contributed by atoms with E-state index < -0.39 is 0 Å². The first kappa shape index (κ1) is 9.02. The number of nitrogens with zero attached hydrogens (tertiary/aromatic N) is 1. The van der Waals surface area contributed by atoms with Crippen LogP contribution in [-0.2, 0) is 0 Å². The van der Waals surface area contributed by atoms with Crippen LogP contribution in [0.25, 0.3) is 0 Å². The van der Waals surface area contributed by atoms with E-state index in [1.165, 1.54) is 25.7 Å². The van der Waals surface area contributed by atoms with Crippen LogP contribution in [0, 0.1) is 17.2 Å². The molecule has 2 fully saturated rings. The Kier molecular flexibility index (Phi) is 2.29. The maximum absolute atomic E-state index is 9.19. The Bertz CT molecular complexity index is 217. The molecule has 2 saturated carbocycles. The average Bonchev–Trinajstić information content (AvgIpc) is 2.94. The predicted octanol–water partition coefficient (Wildman–Crippen LogP) is 2.21. The molecule has 0 aromatic heterocycles. The quantitative estimate of drug-likeness (QED) is 0.703. The zero-order valence-electron chi connectivity index (χ0n) is 8.34. The first-order valence-electron chi connectivity index (χ1n) is 5.43. The molecule has 2 aliphatic rings. The second-order valence-corrected chi connectivity index (χ2v) is 4.80. The van der Waals surface area contributed by atoms with Gasteiger partial charge < -0.3 is 0 Å². The highest BCUT2D eigenvalue weighted by molar-refractivity contribution is 5.11. The number of nitrogens with one attached hydrogen (secondary N) is 1. The molecule has 2 heteroatoms. The molecular weight excluding hydrogens is 160 g/mol. The van der Waals surface area contributed by atoms with Crippen molar-refractivity contribution in [3.8, 4) is 6.07 Å². The van der Waals surface area contributed by atoms with Gasteiger partial charge in [-0.1, -0.05) is 6.92 Å². The molecule has 0 atom stereocenters. The summed E-state index contributed by atoms with van der Waals surface area (Å²) in [4.78, 5) is 0. The Labute approximate surface area is 80.3 Å². The van der Waals surface area contributed by atoms with Crippen molar-refractivity contribution in [3.63, 3.8) is 0 Å². The van der Waals surface area contributed by atoms with E-state index in [4.69, 9.17) is 0 Å². The topological polar surface area (TPSA) is 35.8 Å². The summed E-state index contributed by atoms with van der Waals surface area (Å²) >= 11 is 0. The van der Waals surface area contributed by atoms with Crippen LogP contribution in [-0.4, -0.2) is 11.6 Å². The number of nitriles is 1. The number of hydrogen-bond donors (Lipinski definition) is 1. The SMILES string of the molecule is CC1CCC(C#N)(NC2CC2)CC1. The third kappa shape index (κ3) is 2.03. The summed E-state index contributed by atoms with van der Waals surface area (Å²) in [6, 6.07) is 3.16. The fourth-order valence-electron chi connectivity index (χ4n) is 2.16. The van der Waals surface area contributed by atoms with Gasteiger partial charge in [0.1, 0.15) is 5.54 Å². The summed E-state index contributed by atoms with van der Waals surface area (Å²) in [5, 5.41) is 12.7. The second-order valence-electron chi connectivity index (χ2n) is 4.80. The normalized spacial score (nSPS) is 39.8. The maximum atomic E-state index is 9.19. The molecule has 0 unspecified atom stereocenters. The van der Waals surface area contributed by atoms with Gasteiger partial charge in [0.25, 0.3) is 0 Å². The Hall–Kier alpha value is -0.550. The third-order valence-electron chi connectivity index (χ3n) is 3.40. The molecule has 0 aromatic rings. The van der Waals surface area contributed by atoms with Crippen molar-refractivity contribution >= 4 is 0 Å². The van der Waals surface area contributed by atoms with Crippen LogP contribution >= 0.6 is 0 Å². The average molecular weight is 178 g/mol. The summed E-state index contributed by atoms with van der Waals surface area (Å²) in [6.45, 7) is 2.29. The molecule has 72 valence electrons. The van der Waals surface area contributed by atoms with E-state index in [1.807, 2.05) is 0 Å². The molecule has 0 aromatic carbocycles. The van der Waals surface area contributed by atoms with Gasteiger partial charge in [0.05, 0.1) is 6.07 Å². The molecule has 0 spiro atoms. The standard InChI is InChI=1S/C11H18N2/c1-9-4-6-11(8-12,7-5-9)13-10-2-3-10/h9-10,13H,2-7H2,1H3. The summed E-state index contributed by atoms with van der Waals surface area (Å²) in [5.41, 5.74) is -0.159. The molecule has 0 aliphatic heterocycles. The van der Waals surface area contributed by atoms with E-state index in [9.17, 15) is 5.26 Å². The third-order valence-corrected chi connectivity index (χ3v) is 3.40. The summed E-state index contributed by atoms with van der Waals surface area (Å²) in [6.07, 6.45) is 7.10. The smallest absolute Gasteiger partial charge is 0.107 e. The highest BCUT2D eigenvalue weighted by Crippen LogP contribution is 2.34. The van der Waals surface area contributed by atoms with Crippen LogP contribution in [0.1, 0.15) is 45.4 Å². The second kappa shape index (κ2) is 3.31. The molecular formula is C11H18N2. The summed E-state index contributed by atoms with van der Waals surface area (Å²) < 4.78 is 0. The van der Waals surface area contributed by atoms with E-state index in [0.29, 0.717) is 6.04 Å². The van der Waals surface area contributed by atoms with Gasteiger partial charge in [-0.2, -0.15) is 5.26 Å². The van der Waals surface area contributed by atoms with E-state index in [1.54, 1.807) is 0 Å². The monoisotopic (exact) mass is 178 g/mol.